The van der Waals surface area contributed by atoms with Crippen LogP contribution < -0.4 is 12.4 Å². The summed E-state index contributed by atoms with van der Waals surface area (Å²) >= 11 is 11.8. The number of hydrogen-bond acceptors (Lipinski definition) is 3. The van der Waals surface area contributed by atoms with Crippen molar-refractivity contribution in [3.8, 4) is 0 Å². The van der Waals surface area contributed by atoms with Gasteiger partial charge in [0.1, 0.15) is 6.10 Å². The fourth-order valence-electron chi connectivity index (χ4n) is 2.84. The molecule has 1 aromatic rings. The average molecular weight is 366 g/mol. The van der Waals surface area contributed by atoms with Crippen LogP contribution in [0.2, 0.25) is 10.0 Å². The number of hydrogen-bond donors (Lipinski definition) is 0. The minimum absolute atomic E-state index is 0. The highest BCUT2D eigenvalue weighted by Crippen LogP contribution is 2.29. The lowest BCUT2D eigenvalue weighted by molar-refractivity contribution is -0.00343. The van der Waals surface area contributed by atoms with Gasteiger partial charge in [0, 0.05) is 12.5 Å². The summed E-state index contributed by atoms with van der Waals surface area (Å²) in [5.41, 5.74) is 0.457. The number of benzene rings is 1. The summed E-state index contributed by atoms with van der Waals surface area (Å²) in [6, 6.07) is 4.84. The molecule has 22 heavy (non-hydrogen) atoms. The van der Waals surface area contributed by atoms with E-state index in [2.05, 4.69) is 4.90 Å². The predicted molar refractivity (Wildman–Crippen MR) is 86.2 cm³/mol. The Morgan fingerprint density at radius 3 is 2.55 bits per heavy atom. The Labute approximate surface area is 148 Å². The van der Waals surface area contributed by atoms with E-state index in [1.165, 1.54) is 6.42 Å². The Morgan fingerprint density at radius 1 is 1.23 bits per heavy atom. The van der Waals surface area contributed by atoms with Gasteiger partial charge in [-0.3, -0.25) is 0 Å². The standard InChI is InChI=1S/C16H21Cl2NO2.ClH/c1-19(2)10-12-5-3-4-6-15(12)21-16(20)11-7-8-13(17)14(18)9-11;/h7-9,12,15H,3-6,10H2,1-2H3;1H/p-1. The Kier molecular flexibility index (Phi) is 7.98. The molecule has 0 radical (unpaired) electrons. The number of carbonyl (C=O) groups is 1. The molecule has 2 rings (SSSR count). The van der Waals surface area contributed by atoms with Gasteiger partial charge in [-0.25, -0.2) is 4.79 Å². The molecule has 1 aliphatic rings. The molecule has 0 amide bonds. The Balaban J connectivity index is 0.00000242. The van der Waals surface area contributed by atoms with Gasteiger partial charge >= 0.3 is 5.97 Å². The van der Waals surface area contributed by atoms with Crippen molar-refractivity contribution >= 4 is 29.2 Å². The third-order valence-corrected chi connectivity index (χ3v) is 4.59. The molecule has 0 saturated heterocycles. The lowest BCUT2D eigenvalue weighted by Gasteiger charge is -2.32. The van der Waals surface area contributed by atoms with Crippen LogP contribution in [0.25, 0.3) is 0 Å². The van der Waals surface area contributed by atoms with Gasteiger partial charge in [0.05, 0.1) is 15.6 Å². The summed E-state index contributed by atoms with van der Waals surface area (Å²) in [5, 5.41) is 0.816. The van der Waals surface area contributed by atoms with Crippen LogP contribution in [0.1, 0.15) is 36.0 Å². The fraction of sp³-hybridized carbons (Fsp3) is 0.562. The lowest BCUT2D eigenvalue weighted by Crippen LogP contribution is -3.00. The number of carbonyl (C=O) groups excluding carboxylic acids is 1. The molecular formula is C16H21Cl3NO2-. The van der Waals surface area contributed by atoms with Crippen LogP contribution in [0, 0.1) is 5.92 Å². The highest BCUT2D eigenvalue weighted by atomic mass is 35.5. The van der Waals surface area contributed by atoms with E-state index in [0.29, 0.717) is 21.5 Å². The number of nitrogens with zero attached hydrogens (tertiary/aromatic N) is 1. The maximum absolute atomic E-state index is 12.3. The van der Waals surface area contributed by atoms with Crippen molar-refractivity contribution in [3.63, 3.8) is 0 Å². The van der Waals surface area contributed by atoms with Crippen molar-refractivity contribution in [2.45, 2.75) is 31.8 Å². The van der Waals surface area contributed by atoms with Crippen LogP contribution in [0.5, 0.6) is 0 Å². The second-order valence-corrected chi connectivity index (χ2v) is 6.69. The van der Waals surface area contributed by atoms with E-state index in [9.17, 15) is 4.79 Å². The van der Waals surface area contributed by atoms with Crippen molar-refractivity contribution in [3.05, 3.63) is 33.8 Å². The number of halogens is 3. The molecule has 0 N–H and O–H groups in total. The van der Waals surface area contributed by atoms with Gasteiger partial charge in [0.15, 0.2) is 0 Å². The van der Waals surface area contributed by atoms with Crippen LogP contribution in [0.3, 0.4) is 0 Å². The molecule has 1 fully saturated rings. The highest BCUT2D eigenvalue weighted by Gasteiger charge is 2.29. The summed E-state index contributed by atoms with van der Waals surface area (Å²) in [7, 11) is 4.10. The molecule has 2 unspecified atom stereocenters. The van der Waals surface area contributed by atoms with Gasteiger partial charge in [0.25, 0.3) is 0 Å². The quantitative estimate of drug-likeness (QED) is 0.753. The van der Waals surface area contributed by atoms with Crippen LogP contribution in [-0.4, -0.2) is 37.6 Å². The number of rotatable bonds is 4. The zero-order valence-electron chi connectivity index (χ0n) is 12.8. The second-order valence-electron chi connectivity index (χ2n) is 5.88. The van der Waals surface area contributed by atoms with E-state index < -0.39 is 0 Å². The van der Waals surface area contributed by atoms with Crippen molar-refractivity contribution < 1.29 is 21.9 Å². The van der Waals surface area contributed by atoms with E-state index in [-0.39, 0.29) is 24.5 Å². The molecule has 1 aliphatic carbocycles. The molecular weight excluding hydrogens is 345 g/mol. The van der Waals surface area contributed by atoms with Gasteiger partial charge < -0.3 is 22.0 Å². The van der Waals surface area contributed by atoms with Crippen LogP contribution >= 0.6 is 23.2 Å². The van der Waals surface area contributed by atoms with Gasteiger partial charge in [0.2, 0.25) is 0 Å². The van der Waals surface area contributed by atoms with Gasteiger partial charge in [-0.1, -0.05) is 29.6 Å². The van der Waals surface area contributed by atoms with Crippen LogP contribution in [-0.2, 0) is 4.74 Å². The van der Waals surface area contributed by atoms with Crippen molar-refractivity contribution in [2.24, 2.45) is 5.92 Å². The van der Waals surface area contributed by atoms with Crippen molar-refractivity contribution in [1.29, 1.82) is 0 Å². The first-order valence-corrected chi connectivity index (χ1v) is 8.03. The Morgan fingerprint density at radius 2 is 1.91 bits per heavy atom. The molecule has 0 spiro atoms. The second kappa shape index (κ2) is 8.97. The van der Waals surface area contributed by atoms with E-state index in [1.54, 1.807) is 18.2 Å². The molecule has 1 aromatic carbocycles. The molecule has 1 saturated carbocycles. The van der Waals surface area contributed by atoms with Gasteiger partial charge in [-0.15, -0.1) is 0 Å². The minimum Gasteiger partial charge on any atom is -1.00 e. The largest absolute Gasteiger partial charge is 1.00 e. The summed E-state index contributed by atoms with van der Waals surface area (Å²) in [6.45, 7) is 0.944. The van der Waals surface area contributed by atoms with Crippen molar-refractivity contribution in [1.82, 2.24) is 4.90 Å². The Hall–Kier alpha value is -0.480. The van der Waals surface area contributed by atoms with E-state index >= 15 is 0 Å². The summed E-state index contributed by atoms with van der Waals surface area (Å²) in [4.78, 5) is 14.4. The van der Waals surface area contributed by atoms with E-state index in [0.717, 1.165) is 25.8 Å². The zero-order valence-corrected chi connectivity index (χ0v) is 15.1. The van der Waals surface area contributed by atoms with E-state index in [1.807, 2.05) is 14.1 Å². The van der Waals surface area contributed by atoms with E-state index in [4.69, 9.17) is 27.9 Å². The normalized spacial score (nSPS) is 21.3. The lowest BCUT2D eigenvalue weighted by atomic mass is 9.86. The molecule has 0 aliphatic heterocycles. The molecule has 0 bridgehead atoms. The topological polar surface area (TPSA) is 29.5 Å². The smallest absolute Gasteiger partial charge is 0.338 e. The van der Waals surface area contributed by atoms with Crippen molar-refractivity contribution in [2.75, 3.05) is 20.6 Å². The summed E-state index contributed by atoms with van der Waals surface area (Å²) in [5.74, 6) is 0.0877. The zero-order chi connectivity index (χ0) is 15.4. The third-order valence-electron chi connectivity index (χ3n) is 3.85. The SMILES string of the molecule is CN(C)CC1CCCCC1OC(=O)c1ccc(Cl)c(Cl)c1.[Cl-]. The summed E-state index contributed by atoms with van der Waals surface area (Å²) < 4.78 is 5.72. The number of ether oxygens (including phenoxy) is 1. The summed E-state index contributed by atoms with van der Waals surface area (Å²) in [6.07, 6.45) is 4.36. The highest BCUT2D eigenvalue weighted by molar-refractivity contribution is 6.42. The monoisotopic (exact) mass is 364 g/mol. The van der Waals surface area contributed by atoms with Crippen LogP contribution in [0.15, 0.2) is 18.2 Å². The molecule has 0 aromatic heterocycles. The first kappa shape index (κ1) is 19.6. The van der Waals surface area contributed by atoms with Gasteiger partial charge in [-0.2, -0.15) is 0 Å². The average Bonchev–Trinajstić information content (AvgIpc) is 2.43. The first-order valence-electron chi connectivity index (χ1n) is 7.28. The minimum atomic E-state index is -0.316. The maximum Gasteiger partial charge on any atom is 0.338 e. The third kappa shape index (κ3) is 5.31. The molecule has 3 nitrogen and oxygen atoms in total. The van der Waals surface area contributed by atoms with Crippen LogP contribution in [0.4, 0.5) is 0 Å². The molecule has 0 heterocycles. The number of esters is 1. The molecule has 2 atom stereocenters. The predicted octanol–water partition coefficient (Wildman–Crippen LogP) is 1.27. The fourth-order valence-corrected chi connectivity index (χ4v) is 3.13. The first-order chi connectivity index (χ1) is 9.97. The molecule has 6 heteroatoms. The molecule has 124 valence electrons. The Bertz CT molecular complexity index is 508. The maximum atomic E-state index is 12.3. The van der Waals surface area contributed by atoms with Gasteiger partial charge in [-0.05, 0) is 51.6 Å².